The first-order chi connectivity index (χ1) is 14.1. The van der Waals surface area contributed by atoms with Crippen LogP contribution in [0.4, 0.5) is 17.5 Å². The number of nitriles is 1. The van der Waals surface area contributed by atoms with E-state index in [0.29, 0.717) is 43.6 Å². The largest absolute Gasteiger partial charge is 0.381 e. The van der Waals surface area contributed by atoms with E-state index in [1.54, 1.807) is 12.3 Å². The van der Waals surface area contributed by atoms with Crippen molar-refractivity contribution in [3.8, 4) is 6.07 Å². The highest BCUT2D eigenvalue weighted by Crippen LogP contribution is 2.41. The van der Waals surface area contributed by atoms with Crippen LogP contribution in [0.15, 0.2) is 18.3 Å². The Morgan fingerprint density at radius 1 is 1.41 bits per heavy atom. The smallest absolute Gasteiger partial charge is 0.143 e. The average molecular weight is 395 g/mol. The van der Waals surface area contributed by atoms with Crippen molar-refractivity contribution in [2.24, 2.45) is 5.92 Å². The van der Waals surface area contributed by atoms with Crippen LogP contribution in [0, 0.1) is 22.7 Å². The molecule has 0 bridgehead atoms. The lowest BCUT2D eigenvalue weighted by Crippen LogP contribution is -2.46. The van der Waals surface area contributed by atoms with Gasteiger partial charge in [-0.15, -0.1) is 0 Å². The normalized spacial score (nSPS) is 21.7. The molecule has 2 fully saturated rings. The van der Waals surface area contributed by atoms with Crippen LogP contribution in [-0.4, -0.2) is 60.4 Å². The van der Waals surface area contributed by atoms with Crippen LogP contribution in [0.25, 0.3) is 0 Å². The van der Waals surface area contributed by atoms with Crippen LogP contribution in [0.5, 0.6) is 0 Å². The minimum absolute atomic E-state index is 0.0727. The maximum Gasteiger partial charge on any atom is 0.143 e. The summed E-state index contributed by atoms with van der Waals surface area (Å²) >= 11 is 0. The zero-order valence-corrected chi connectivity index (χ0v) is 16.6. The molecule has 0 saturated carbocycles. The maximum atomic E-state index is 10.1. The van der Waals surface area contributed by atoms with Crippen molar-refractivity contribution < 1.29 is 9.47 Å². The molecular weight excluding hydrogens is 370 g/mol. The topological polar surface area (TPSA) is 123 Å². The van der Waals surface area contributed by atoms with Crippen molar-refractivity contribution in [3.05, 3.63) is 29.5 Å². The molecule has 152 valence electrons. The van der Waals surface area contributed by atoms with Crippen molar-refractivity contribution in [2.75, 3.05) is 43.2 Å². The van der Waals surface area contributed by atoms with Crippen LogP contribution in [-0.2, 0) is 14.9 Å². The van der Waals surface area contributed by atoms with E-state index in [-0.39, 0.29) is 12.0 Å². The highest BCUT2D eigenvalue weighted by atomic mass is 16.5. The molecule has 2 saturated heterocycles. The van der Waals surface area contributed by atoms with E-state index in [4.69, 9.17) is 19.9 Å². The van der Waals surface area contributed by atoms with Crippen molar-refractivity contribution >= 4 is 23.7 Å². The number of aromatic amines is 1. The van der Waals surface area contributed by atoms with Gasteiger partial charge < -0.3 is 25.1 Å². The fraction of sp³-hybridized carbons (Fsp3) is 0.500. The molecule has 2 aliphatic heterocycles. The van der Waals surface area contributed by atoms with Gasteiger partial charge >= 0.3 is 0 Å². The van der Waals surface area contributed by atoms with E-state index in [9.17, 15) is 5.26 Å². The van der Waals surface area contributed by atoms with E-state index < -0.39 is 5.41 Å². The number of nitrogens with zero attached hydrogens (tertiary/aromatic N) is 4. The Hall–Kier alpha value is -2.96. The third-order valence-corrected chi connectivity index (χ3v) is 5.85. The molecule has 2 aromatic rings. The Bertz CT molecular complexity index is 920. The monoisotopic (exact) mass is 395 g/mol. The predicted molar refractivity (Wildman–Crippen MR) is 109 cm³/mol. The minimum Gasteiger partial charge on any atom is -0.381 e. The lowest BCUT2D eigenvalue weighted by atomic mass is 9.70. The Morgan fingerprint density at radius 2 is 2.24 bits per heavy atom. The summed E-state index contributed by atoms with van der Waals surface area (Å²) in [6, 6.07) is 6.41. The van der Waals surface area contributed by atoms with Crippen molar-refractivity contribution in [1.29, 1.82) is 10.7 Å². The molecule has 0 aromatic carbocycles. The van der Waals surface area contributed by atoms with Crippen molar-refractivity contribution in [2.45, 2.75) is 25.3 Å². The summed E-state index contributed by atoms with van der Waals surface area (Å²) < 4.78 is 11.0. The first kappa shape index (κ1) is 19.4. The van der Waals surface area contributed by atoms with Gasteiger partial charge in [0.1, 0.15) is 17.5 Å². The molecule has 0 aliphatic carbocycles. The molecule has 9 nitrogen and oxygen atoms in total. The van der Waals surface area contributed by atoms with Crippen LogP contribution >= 0.6 is 0 Å². The molecule has 2 atom stereocenters. The molecule has 2 unspecified atom stereocenters. The third-order valence-electron chi connectivity index (χ3n) is 5.85. The van der Waals surface area contributed by atoms with Crippen molar-refractivity contribution in [1.82, 2.24) is 15.2 Å². The number of ether oxygens (including phenoxy) is 2. The second-order valence-corrected chi connectivity index (χ2v) is 7.70. The number of pyridine rings is 1. The molecular formula is C20H25N7O2. The van der Waals surface area contributed by atoms with Crippen LogP contribution in [0.3, 0.4) is 0 Å². The van der Waals surface area contributed by atoms with E-state index >= 15 is 0 Å². The van der Waals surface area contributed by atoms with E-state index in [2.05, 4.69) is 33.4 Å². The minimum atomic E-state index is -0.789. The molecule has 0 radical (unpaired) electrons. The molecule has 0 amide bonds. The molecule has 29 heavy (non-hydrogen) atoms. The number of hydrogen-bond donors (Lipinski definition) is 3. The van der Waals surface area contributed by atoms with Crippen molar-refractivity contribution in [3.63, 3.8) is 0 Å². The summed E-state index contributed by atoms with van der Waals surface area (Å²) in [6.45, 7) is 7.07. The van der Waals surface area contributed by atoms with E-state index in [1.165, 1.54) is 6.21 Å². The lowest BCUT2D eigenvalue weighted by molar-refractivity contribution is -0.0563. The number of rotatable bonds is 6. The van der Waals surface area contributed by atoms with Gasteiger partial charge in [0.15, 0.2) is 0 Å². The molecule has 0 spiro atoms. The molecule has 9 heteroatoms. The summed E-state index contributed by atoms with van der Waals surface area (Å²) in [4.78, 5) is 7.01. The number of H-pyrrole nitrogens is 1. The number of hydrogen-bond acceptors (Lipinski definition) is 8. The fourth-order valence-corrected chi connectivity index (χ4v) is 3.82. The van der Waals surface area contributed by atoms with Gasteiger partial charge in [-0.05, 0) is 25.5 Å². The average Bonchev–Trinajstić information content (AvgIpc) is 3.19. The van der Waals surface area contributed by atoms with Gasteiger partial charge in [-0.3, -0.25) is 5.10 Å². The maximum absolute atomic E-state index is 10.1. The van der Waals surface area contributed by atoms with E-state index in [1.807, 2.05) is 13.0 Å². The molecule has 4 rings (SSSR count). The molecule has 4 heterocycles. The third kappa shape index (κ3) is 3.45. The zero-order valence-electron chi connectivity index (χ0n) is 16.6. The zero-order chi connectivity index (χ0) is 20.4. The Morgan fingerprint density at radius 3 is 2.83 bits per heavy atom. The summed E-state index contributed by atoms with van der Waals surface area (Å²) in [5.41, 5.74) is 0.595. The van der Waals surface area contributed by atoms with E-state index in [0.717, 1.165) is 17.9 Å². The standard InChI is InChI=1S/C20H25N7O2/c1-13-9-28-6-5-27(13)18-7-16(20(2,12-22)14-10-29-11-14)15(8-21)19(25-18)24-17-3-4-23-26-17/h3-4,7-8,13-14,21H,5-6,9-11H2,1-2H3,(H2,23,24,25,26). The van der Waals surface area contributed by atoms with Gasteiger partial charge in [0, 0.05) is 30.3 Å². The number of aromatic nitrogens is 3. The molecule has 2 aliphatic rings. The van der Waals surface area contributed by atoms with Crippen LogP contribution in [0.2, 0.25) is 0 Å². The summed E-state index contributed by atoms with van der Waals surface area (Å²) in [5, 5.41) is 28.3. The van der Waals surface area contributed by atoms with Gasteiger partial charge in [0.05, 0.1) is 50.2 Å². The highest BCUT2D eigenvalue weighted by molar-refractivity contribution is 5.89. The van der Waals surface area contributed by atoms with Gasteiger partial charge in [-0.2, -0.15) is 10.4 Å². The molecule has 2 aromatic heterocycles. The quantitative estimate of drug-likeness (QED) is 0.641. The first-order valence-electron chi connectivity index (χ1n) is 9.72. The Kier molecular flexibility index (Phi) is 5.22. The summed E-state index contributed by atoms with van der Waals surface area (Å²) in [5.74, 6) is 2.04. The van der Waals surface area contributed by atoms with Crippen LogP contribution < -0.4 is 10.2 Å². The highest BCUT2D eigenvalue weighted by Gasteiger charge is 2.43. The molecule has 3 N–H and O–H groups in total. The van der Waals surface area contributed by atoms with Gasteiger partial charge in [0.25, 0.3) is 0 Å². The summed E-state index contributed by atoms with van der Waals surface area (Å²) in [7, 11) is 0. The Labute approximate surface area is 169 Å². The second kappa shape index (κ2) is 7.81. The number of morpholine rings is 1. The van der Waals surface area contributed by atoms with Gasteiger partial charge in [0.2, 0.25) is 0 Å². The second-order valence-electron chi connectivity index (χ2n) is 7.70. The summed E-state index contributed by atoms with van der Waals surface area (Å²) in [6.07, 6.45) is 2.91. The van der Waals surface area contributed by atoms with Gasteiger partial charge in [-0.1, -0.05) is 0 Å². The van der Waals surface area contributed by atoms with Crippen LogP contribution in [0.1, 0.15) is 25.0 Å². The number of nitrogens with one attached hydrogen (secondary N) is 3. The lowest BCUT2D eigenvalue weighted by Gasteiger charge is -2.40. The first-order valence-corrected chi connectivity index (χ1v) is 9.72. The van der Waals surface area contributed by atoms with Gasteiger partial charge in [-0.25, -0.2) is 4.98 Å². The SMILES string of the molecule is CC1COCCN1c1cc(C(C)(C#N)C2COC2)c(C=N)c(Nc2ccn[nH]2)n1. The Balaban J connectivity index is 1.86. The predicted octanol–water partition coefficient (Wildman–Crippen LogP) is 2.20. The fourth-order valence-electron chi connectivity index (χ4n) is 3.82. The number of anilines is 3.